The van der Waals surface area contributed by atoms with E-state index in [1.54, 1.807) is 24.3 Å². The largest absolute Gasteiger partial charge is 0.508 e. The van der Waals surface area contributed by atoms with E-state index < -0.39 is 0 Å². The second-order valence-electron chi connectivity index (χ2n) is 6.50. The Labute approximate surface area is 148 Å². The Morgan fingerprint density at radius 2 is 1.96 bits per heavy atom. The highest BCUT2D eigenvalue weighted by molar-refractivity contribution is 5.78. The minimum Gasteiger partial charge on any atom is -0.508 e. The lowest BCUT2D eigenvalue weighted by atomic mass is 9.89. The topological polar surface area (TPSA) is 58.6 Å². The molecule has 1 amide bonds. The van der Waals surface area contributed by atoms with Gasteiger partial charge in [0.2, 0.25) is 5.91 Å². The summed E-state index contributed by atoms with van der Waals surface area (Å²) in [5, 5.41) is 12.2. The maximum Gasteiger partial charge on any atom is 0.224 e. The van der Waals surface area contributed by atoms with Gasteiger partial charge in [-0.25, -0.2) is 0 Å². The molecule has 2 aromatic carbocycles. The fraction of sp³-hybridized carbons (Fsp3) is 0.381. The van der Waals surface area contributed by atoms with Crippen molar-refractivity contribution >= 4 is 5.91 Å². The molecule has 4 heteroatoms. The van der Waals surface area contributed by atoms with Gasteiger partial charge in [-0.2, -0.15) is 0 Å². The molecule has 0 bridgehead atoms. The number of hydrogen-bond acceptors (Lipinski definition) is 3. The van der Waals surface area contributed by atoms with Gasteiger partial charge in [0.05, 0.1) is 12.5 Å². The van der Waals surface area contributed by atoms with Crippen LogP contribution < -0.4 is 5.32 Å². The molecule has 2 N–H and O–H groups in total. The van der Waals surface area contributed by atoms with Crippen molar-refractivity contribution in [1.82, 2.24) is 5.32 Å². The number of benzene rings is 2. The van der Waals surface area contributed by atoms with Gasteiger partial charge in [0.1, 0.15) is 5.75 Å². The van der Waals surface area contributed by atoms with Gasteiger partial charge in [0, 0.05) is 13.2 Å². The van der Waals surface area contributed by atoms with Crippen LogP contribution in [0.5, 0.6) is 5.75 Å². The second-order valence-corrected chi connectivity index (χ2v) is 6.50. The van der Waals surface area contributed by atoms with Crippen LogP contribution in [-0.4, -0.2) is 24.2 Å². The zero-order valence-corrected chi connectivity index (χ0v) is 14.4. The van der Waals surface area contributed by atoms with Crippen LogP contribution in [0, 0.1) is 0 Å². The number of aryl methyl sites for hydroxylation is 1. The first kappa shape index (κ1) is 17.5. The molecule has 132 valence electrons. The van der Waals surface area contributed by atoms with E-state index in [0.29, 0.717) is 19.6 Å². The molecule has 4 nitrogen and oxygen atoms in total. The summed E-state index contributed by atoms with van der Waals surface area (Å²) in [7, 11) is 0. The summed E-state index contributed by atoms with van der Waals surface area (Å²) >= 11 is 0. The number of fused-ring (bicyclic) bond motifs is 1. The predicted molar refractivity (Wildman–Crippen MR) is 97.5 cm³/mol. The van der Waals surface area contributed by atoms with E-state index in [9.17, 15) is 9.90 Å². The Morgan fingerprint density at radius 3 is 2.80 bits per heavy atom. The zero-order valence-electron chi connectivity index (χ0n) is 14.4. The molecule has 1 aliphatic carbocycles. The summed E-state index contributed by atoms with van der Waals surface area (Å²) < 4.78 is 6.04. The third-order valence-electron chi connectivity index (χ3n) is 4.58. The number of ether oxygens (including phenoxy) is 1. The Hall–Kier alpha value is -2.33. The molecule has 1 atom stereocenters. The third-order valence-corrected chi connectivity index (χ3v) is 4.58. The normalized spacial score (nSPS) is 16.2. The van der Waals surface area contributed by atoms with E-state index in [0.717, 1.165) is 24.8 Å². The molecule has 0 heterocycles. The number of nitrogens with one attached hydrogen (secondary N) is 1. The first-order valence-corrected chi connectivity index (χ1v) is 8.96. The van der Waals surface area contributed by atoms with Gasteiger partial charge in [-0.05, 0) is 54.5 Å². The number of rotatable bonds is 7. The van der Waals surface area contributed by atoms with E-state index >= 15 is 0 Å². The lowest BCUT2D eigenvalue weighted by molar-refractivity contribution is -0.120. The zero-order chi connectivity index (χ0) is 17.5. The molecule has 1 aliphatic rings. The molecular formula is C21H25NO3. The van der Waals surface area contributed by atoms with Crippen LogP contribution in [0.25, 0.3) is 0 Å². The maximum absolute atomic E-state index is 11.9. The van der Waals surface area contributed by atoms with Crippen molar-refractivity contribution in [1.29, 1.82) is 0 Å². The van der Waals surface area contributed by atoms with Crippen molar-refractivity contribution in [2.45, 2.75) is 38.2 Å². The summed E-state index contributed by atoms with van der Waals surface area (Å²) in [4.78, 5) is 11.9. The highest BCUT2D eigenvalue weighted by Gasteiger charge is 2.19. The summed E-state index contributed by atoms with van der Waals surface area (Å²) in [6.07, 6.45) is 4.72. The van der Waals surface area contributed by atoms with E-state index in [2.05, 4.69) is 29.6 Å². The van der Waals surface area contributed by atoms with E-state index in [4.69, 9.17) is 4.74 Å². The van der Waals surface area contributed by atoms with Gasteiger partial charge in [-0.3, -0.25) is 4.79 Å². The molecule has 3 rings (SSSR count). The number of aromatic hydroxyl groups is 1. The van der Waals surface area contributed by atoms with Crippen molar-refractivity contribution < 1.29 is 14.6 Å². The predicted octanol–water partition coefficient (Wildman–Crippen LogP) is 3.54. The SMILES string of the molecule is O=C(Cc1ccc(O)cc1)NCCCO[C@@H]1CCCc2ccccc21. The average Bonchev–Trinajstić information content (AvgIpc) is 2.63. The minimum atomic E-state index is -0.00583. The highest BCUT2D eigenvalue weighted by Crippen LogP contribution is 2.32. The number of carbonyl (C=O) groups excluding carboxylic acids is 1. The number of amides is 1. The number of hydrogen-bond donors (Lipinski definition) is 2. The highest BCUT2D eigenvalue weighted by atomic mass is 16.5. The summed E-state index contributed by atoms with van der Waals surface area (Å²) in [5.74, 6) is 0.208. The van der Waals surface area contributed by atoms with Crippen molar-refractivity contribution in [2.24, 2.45) is 0 Å². The monoisotopic (exact) mass is 339 g/mol. The number of carbonyl (C=O) groups is 1. The molecule has 0 radical (unpaired) electrons. The van der Waals surface area contributed by atoms with E-state index in [1.165, 1.54) is 17.5 Å². The minimum absolute atomic E-state index is 0.00583. The number of phenols is 1. The Morgan fingerprint density at radius 1 is 1.16 bits per heavy atom. The van der Waals surface area contributed by atoms with Crippen LogP contribution in [0.3, 0.4) is 0 Å². The van der Waals surface area contributed by atoms with Crippen LogP contribution in [0.15, 0.2) is 48.5 Å². The van der Waals surface area contributed by atoms with Gasteiger partial charge in [-0.15, -0.1) is 0 Å². The Balaban J connectivity index is 1.35. The first-order valence-electron chi connectivity index (χ1n) is 8.96. The van der Waals surface area contributed by atoms with Crippen molar-refractivity contribution in [3.05, 3.63) is 65.2 Å². The molecule has 25 heavy (non-hydrogen) atoms. The summed E-state index contributed by atoms with van der Waals surface area (Å²) in [6.45, 7) is 1.27. The Bertz CT molecular complexity index is 697. The quantitative estimate of drug-likeness (QED) is 0.759. The molecule has 0 saturated carbocycles. The van der Waals surface area contributed by atoms with Gasteiger partial charge in [0.25, 0.3) is 0 Å². The molecule has 0 spiro atoms. The van der Waals surface area contributed by atoms with Crippen LogP contribution in [0.4, 0.5) is 0 Å². The summed E-state index contributed by atoms with van der Waals surface area (Å²) in [5.41, 5.74) is 3.62. The van der Waals surface area contributed by atoms with Gasteiger partial charge in [0.15, 0.2) is 0 Å². The maximum atomic E-state index is 11.9. The van der Waals surface area contributed by atoms with Crippen molar-refractivity contribution in [3.8, 4) is 5.75 Å². The second kappa shape index (κ2) is 8.67. The van der Waals surface area contributed by atoms with Crippen molar-refractivity contribution in [3.63, 3.8) is 0 Å². The van der Waals surface area contributed by atoms with Crippen LogP contribution in [0.1, 0.15) is 42.1 Å². The average molecular weight is 339 g/mol. The van der Waals surface area contributed by atoms with Crippen molar-refractivity contribution in [2.75, 3.05) is 13.2 Å². The van der Waals surface area contributed by atoms with Crippen LogP contribution >= 0.6 is 0 Å². The van der Waals surface area contributed by atoms with Gasteiger partial charge >= 0.3 is 0 Å². The standard InChI is InChI=1S/C21H25NO3/c23-18-11-9-16(10-12-18)15-21(24)22-13-4-14-25-20-8-3-6-17-5-1-2-7-19(17)20/h1-2,5,7,9-12,20,23H,3-4,6,8,13-15H2,(H,22,24)/t20-/m1/s1. The fourth-order valence-corrected chi connectivity index (χ4v) is 3.27. The molecular weight excluding hydrogens is 314 g/mol. The van der Waals surface area contributed by atoms with Crippen LogP contribution in [-0.2, 0) is 22.4 Å². The molecule has 0 fully saturated rings. The van der Waals surface area contributed by atoms with Gasteiger partial charge < -0.3 is 15.2 Å². The lowest BCUT2D eigenvalue weighted by Gasteiger charge is -2.25. The third kappa shape index (κ3) is 5.07. The lowest BCUT2D eigenvalue weighted by Crippen LogP contribution is -2.27. The molecule has 0 saturated heterocycles. The molecule has 0 aromatic heterocycles. The molecule has 2 aromatic rings. The Kier molecular flexibility index (Phi) is 6.07. The fourth-order valence-electron chi connectivity index (χ4n) is 3.27. The molecule has 0 aliphatic heterocycles. The van der Waals surface area contributed by atoms with E-state index in [-0.39, 0.29) is 17.8 Å². The number of phenolic OH excluding ortho intramolecular Hbond substituents is 1. The van der Waals surface area contributed by atoms with Crippen LogP contribution in [0.2, 0.25) is 0 Å². The summed E-state index contributed by atoms with van der Waals surface area (Å²) in [6, 6.07) is 15.2. The molecule has 0 unspecified atom stereocenters. The van der Waals surface area contributed by atoms with Gasteiger partial charge in [-0.1, -0.05) is 36.4 Å². The smallest absolute Gasteiger partial charge is 0.224 e. The first-order chi connectivity index (χ1) is 12.2. The van der Waals surface area contributed by atoms with E-state index in [1.807, 2.05) is 0 Å².